The van der Waals surface area contributed by atoms with E-state index in [2.05, 4.69) is 10.6 Å². The van der Waals surface area contributed by atoms with Gasteiger partial charge in [0.1, 0.15) is 0 Å². The highest BCUT2D eigenvalue weighted by molar-refractivity contribution is 5.95. The molecule has 0 heterocycles. The molecule has 1 atom stereocenters. The van der Waals surface area contributed by atoms with Gasteiger partial charge in [0, 0.05) is 23.7 Å². The number of nitrogens with one attached hydrogen (secondary N) is 2. The van der Waals surface area contributed by atoms with E-state index in [4.69, 9.17) is 0 Å². The maximum Gasteiger partial charge on any atom is 0.251 e. The summed E-state index contributed by atoms with van der Waals surface area (Å²) in [6.45, 7) is 3.87. The lowest BCUT2D eigenvalue weighted by molar-refractivity contribution is -0.116. The Morgan fingerprint density at radius 1 is 1.00 bits per heavy atom. The molecule has 0 spiro atoms. The first kappa shape index (κ1) is 16.7. The van der Waals surface area contributed by atoms with Crippen LogP contribution in [0.2, 0.25) is 0 Å². The van der Waals surface area contributed by atoms with Crippen LogP contribution in [0.15, 0.2) is 54.6 Å². The van der Waals surface area contributed by atoms with Crippen LogP contribution in [-0.2, 0) is 11.2 Å². The second-order valence-corrected chi connectivity index (χ2v) is 5.50. The Morgan fingerprint density at radius 2 is 1.65 bits per heavy atom. The first-order valence-corrected chi connectivity index (χ1v) is 7.83. The standard InChI is InChI=1S/C19H22N2O2/c1-3-15-9-7-8-12-17(15)21-18(22)13-14(2)20-19(23)16-10-5-4-6-11-16/h4-12,14H,3,13H2,1-2H3,(H,20,23)(H,21,22)/t14-/m1/s1. The average Bonchev–Trinajstić information content (AvgIpc) is 2.55. The second-order valence-electron chi connectivity index (χ2n) is 5.50. The first-order valence-electron chi connectivity index (χ1n) is 7.83. The van der Waals surface area contributed by atoms with E-state index in [-0.39, 0.29) is 24.3 Å². The van der Waals surface area contributed by atoms with Crippen molar-refractivity contribution in [1.82, 2.24) is 5.32 Å². The molecule has 0 saturated heterocycles. The van der Waals surface area contributed by atoms with E-state index in [0.717, 1.165) is 17.7 Å². The molecular formula is C19H22N2O2. The molecule has 0 aliphatic carbocycles. The third kappa shape index (κ3) is 4.95. The minimum absolute atomic E-state index is 0.105. The summed E-state index contributed by atoms with van der Waals surface area (Å²) in [6, 6.07) is 16.5. The normalized spacial score (nSPS) is 11.6. The van der Waals surface area contributed by atoms with Crippen LogP contribution < -0.4 is 10.6 Å². The minimum Gasteiger partial charge on any atom is -0.349 e. The predicted molar refractivity (Wildman–Crippen MR) is 92.4 cm³/mol. The Bertz CT molecular complexity index is 668. The van der Waals surface area contributed by atoms with Crippen molar-refractivity contribution in [2.75, 3.05) is 5.32 Å². The number of hydrogen-bond acceptors (Lipinski definition) is 2. The average molecular weight is 310 g/mol. The predicted octanol–water partition coefficient (Wildman–Crippen LogP) is 3.40. The Kier molecular flexibility index (Phi) is 5.92. The molecule has 120 valence electrons. The topological polar surface area (TPSA) is 58.2 Å². The molecule has 0 saturated carbocycles. The smallest absolute Gasteiger partial charge is 0.251 e. The lowest BCUT2D eigenvalue weighted by Gasteiger charge is -2.15. The molecule has 0 fully saturated rings. The zero-order chi connectivity index (χ0) is 16.7. The van der Waals surface area contributed by atoms with E-state index in [1.54, 1.807) is 12.1 Å². The van der Waals surface area contributed by atoms with Crippen molar-refractivity contribution in [3.05, 3.63) is 65.7 Å². The van der Waals surface area contributed by atoms with E-state index in [9.17, 15) is 9.59 Å². The number of carbonyl (C=O) groups excluding carboxylic acids is 2. The van der Waals surface area contributed by atoms with Gasteiger partial charge in [-0.1, -0.05) is 43.3 Å². The largest absolute Gasteiger partial charge is 0.349 e. The molecule has 2 rings (SSSR count). The number of rotatable bonds is 6. The Balaban J connectivity index is 1.88. The summed E-state index contributed by atoms with van der Waals surface area (Å²) >= 11 is 0. The molecular weight excluding hydrogens is 288 g/mol. The highest BCUT2D eigenvalue weighted by atomic mass is 16.2. The van der Waals surface area contributed by atoms with Crippen molar-refractivity contribution < 1.29 is 9.59 Å². The van der Waals surface area contributed by atoms with Crippen LogP contribution in [0, 0.1) is 0 Å². The third-order valence-corrected chi connectivity index (χ3v) is 3.58. The molecule has 0 unspecified atom stereocenters. The molecule has 4 nitrogen and oxygen atoms in total. The van der Waals surface area contributed by atoms with Gasteiger partial charge in [-0.05, 0) is 37.1 Å². The fraction of sp³-hybridized carbons (Fsp3) is 0.263. The summed E-state index contributed by atoms with van der Waals surface area (Å²) in [4.78, 5) is 24.2. The molecule has 4 heteroatoms. The van der Waals surface area contributed by atoms with Crippen LogP contribution in [0.5, 0.6) is 0 Å². The lowest BCUT2D eigenvalue weighted by Crippen LogP contribution is -2.35. The molecule has 2 amide bonds. The van der Waals surface area contributed by atoms with Gasteiger partial charge in [0.25, 0.3) is 5.91 Å². The Morgan fingerprint density at radius 3 is 2.35 bits per heavy atom. The Hall–Kier alpha value is -2.62. The summed E-state index contributed by atoms with van der Waals surface area (Å²) in [6.07, 6.45) is 1.09. The summed E-state index contributed by atoms with van der Waals surface area (Å²) in [7, 11) is 0. The van der Waals surface area contributed by atoms with Crippen LogP contribution in [-0.4, -0.2) is 17.9 Å². The van der Waals surface area contributed by atoms with Crippen LogP contribution in [0.25, 0.3) is 0 Å². The van der Waals surface area contributed by atoms with Crippen molar-refractivity contribution in [3.8, 4) is 0 Å². The molecule has 2 aromatic rings. The summed E-state index contributed by atoms with van der Waals surface area (Å²) in [5.74, 6) is -0.272. The van der Waals surface area contributed by atoms with E-state index >= 15 is 0 Å². The van der Waals surface area contributed by atoms with Gasteiger partial charge in [-0.15, -0.1) is 0 Å². The second kappa shape index (κ2) is 8.13. The van der Waals surface area contributed by atoms with E-state index < -0.39 is 0 Å². The van der Waals surface area contributed by atoms with Gasteiger partial charge in [0.15, 0.2) is 0 Å². The van der Waals surface area contributed by atoms with Gasteiger partial charge in [-0.3, -0.25) is 9.59 Å². The van der Waals surface area contributed by atoms with Crippen molar-refractivity contribution in [3.63, 3.8) is 0 Å². The number of anilines is 1. The van der Waals surface area contributed by atoms with Crippen LogP contribution in [0.3, 0.4) is 0 Å². The van der Waals surface area contributed by atoms with Crippen molar-refractivity contribution >= 4 is 17.5 Å². The van der Waals surface area contributed by atoms with Crippen molar-refractivity contribution in [1.29, 1.82) is 0 Å². The summed E-state index contributed by atoms with van der Waals surface area (Å²) in [5, 5.41) is 5.76. The molecule has 2 N–H and O–H groups in total. The number of amides is 2. The number of hydrogen-bond donors (Lipinski definition) is 2. The van der Waals surface area contributed by atoms with Gasteiger partial charge in [-0.2, -0.15) is 0 Å². The molecule has 0 radical (unpaired) electrons. The quantitative estimate of drug-likeness (QED) is 0.859. The zero-order valence-electron chi connectivity index (χ0n) is 13.5. The fourth-order valence-electron chi connectivity index (χ4n) is 2.38. The Labute approximate surface area is 136 Å². The highest BCUT2D eigenvalue weighted by Crippen LogP contribution is 2.15. The molecule has 0 aliphatic heterocycles. The third-order valence-electron chi connectivity index (χ3n) is 3.58. The number of aryl methyl sites for hydroxylation is 1. The molecule has 0 aliphatic rings. The number of benzene rings is 2. The number of carbonyl (C=O) groups is 2. The van der Waals surface area contributed by atoms with Crippen molar-refractivity contribution in [2.24, 2.45) is 0 Å². The molecule has 0 aromatic heterocycles. The summed E-state index contributed by atoms with van der Waals surface area (Å²) < 4.78 is 0. The fourth-order valence-corrected chi connectivity index (χ4v) is 2.38. The van der Waals surface area contributed by atoms with Crippen LogP contribution in [0.1, 0.15) is 36.2 Å². The van der Waals surface area contributed by atoms with E-state index in [0.29, 0.717) is 5.56 Å². The minimum atomic E-state index is -0.239. The maximum absolute atomic E-state index is 12.1. The zero-order valence-corrected chi connectivity index (χ0v) is 13.5. The van der Waals surface area contributed by atoms with Gasteiger partial charge in [-0.25, -0.2) is 0 Å². The monoisotopic (exact) mass is 310 g/mol. The molecule has 23 heavy (non-hydrogen) atoms. The summed E-state index contributed by atoms with van der Waals surface area (Å²) in [5.41, 5.74) is 2.53. The number of para-hydroxylation sites is 1. The van der Waals surface area contributed by atoms with Gasteiger partial charge in [0.05, 0.1) is 0 Å². The van der Waals surface area contributed by atoms with Gasteiger partial charge >= 0.3 is 0 Å². The van der Waals surface area contributed by atoms with Crippen LogP contribution in [0.4, 0.5) is 5.69 Å². The SMILES string of the molecule is CCc1ccccc1NC(=O)C[C@@H](C)NC(=O)c1ccccc1. The maximum atomic E-state index is 12.1. The molecule has 2 aromatic carbocycles. The first-order chi connectivity index (χ1) is 11.1. The van der Waals surface area contributed by atoms with Crippen molar-refractivity contribution in [2.45, 2.75) is 32.7 Å². The highest BCUT2D eigenvalue weighted by Gasteiger charge is 2.14. The lowest BCUT2D eigenvalue weighted by atomic mass is 10.1. The van der Waals surface area contributed by atoms with Crippen LogP contribution >= 0.6 is 0 Å². The van der Waals surface area contributed by atoms with Gasteiger partial charge < -0.3 is 10.6 Å². The van der Waals surface area contributed by atoms with E-state index in [1.807, 2.05) is 56.3 Å². The molecule has 0 bridgehead atoms. The van der Waals surface area contributed by atoms with E-state index in [1.165, 1.54) is 0 Å². The van der Waals surface area contributed by atoms with Gasteiger partial charge in [0.2, 0.25) is 5.91 Å².